The van der Waals surface area contributed by atoms with Gasteiger partial charge in [0.1, 0.15) is 0 Å². The second kappa shape index (κ2) is 10.1. The van der Waals surface area contributed by atoms with Crippen LogP contribution in [-0.2, 0) is 25.5 Å². The van der Waals surface area contributed by atoms with Crippen LogP contribution in [0, 0.1) is 23.7 Å². The predicted molar refractivity (Wildman–Crippen MR) is 146 cm³/mol. The predicted octanol–water partition coefficient (Wildman–Crippen LogP) is 4.97. The summed E-state index contributed by atoms with van der Waals surface area (Å²) in [6, 6.07) is 24.0. The average Bonchev–Trinajstić information content (AvgIpc) is 3.63. The summed E-state index contributed by atoms with van der Waals surface area (Å²) in [7, 11) is 0. The fourth-order valence-electron chi connectivity index (χ4n) is 6.80. The van der Waals surface area contributed by atoms with E-state index in [1.165, 1.54) is 16.5 Å². The van der Waals surface area contributed by atoms with E-state index in [-0.39, 0.29) is 47.0 Å². The fraction of sp³-hybridized carbons (Fsp3) is 0.312. The molecule has 6 rings (SSSR count). The van der Waals surface area contributed by atoms with Crippen LogP contribution in [0.5, 0.6) is 0 Å². The molecule has 2 bridgehead atoms. The third kappa shape index (κ3) is 4.52. The van der Waals surface area contributed by atoms with E-state index in [0.29, 0.717) is 11.4 Å². The molecule has 2 saturated carbocycles. The number of carbonyl (C=O) groups excluding carboxylic acids is 4. The monoisotopic (exact) mass is 522 g/mol. The quantitative estimate of drug-likeness (QED) is 0.349. The van der Waals surface area contributed by atoms with Gasteiger partial charge in [0.15, 0.2) is 6.61 Å². The third-order valence-electron chi connectivity index (χ3n) is 8.56. The van der Waals surface area contributed by atoms with E-state index in [9.17, 15) is 19.2 Å². The Bertz CT molecular complexity index is 1430. The molecule has 3 aromatic carbocycles. The Balaban J connectivity index is 1.12. The maximum atomic E-state index is 13.6. The van der Waals surface area contributed by atoms with E-state index in [4.69, 9.17) is 4.74 Å². The molecule has 1 N–H and O–H groups in total. The Morgan fingerprint density at radius 1 is 0.897 bits per heavy atom. The van der Waals surface area contributed by atoms with Gasteiger partial charge < -0.3 is 10.1 Å². The van der Waals surface area contributed by atoms with Crippen molar-refractivity contribution in [1.29, 1.82) is 0 Å². The first-order valence-electron chi connectivity index (χ1n) is 13.5. The number of esters is 1. The molecule has 3 fully saturated rings. The molecule has 0 unspecified atom stereocenters. The number of hydrogen-bond donors (Lipinski definition) is 1. The molecular formula is C32H30N2O5. The summed E-state index contributed by atoms with van der Waals surface area (Å²) in [5, 5.41) is 2.71. The van der Waals surface area contributed by atoms with Crippen LogP contribution in [0.3, 0.4) is 0 Å². The minimum atomic E-state index is -0.697. The van der Waals surface area contributed by atoms with Crippen molar-refractivity contribution in [2.24, 2.45) is 23.7 Å². The van der Waals surface area contributed by atoms with Gasteiger partial charge in [0, 0.05) is 5.69 Å². The lowest BCUT2D eigenvalue weighted by molar-refractivity contribution is -0.123. The van der Waals surface area contributed by atoms with Crippen LogP contribution in [0.25, 0.3) is 0 Å². The minimum Gasteiger partial charge on any atom is -0.452 e. The summed E-state index contributed by atoms with van der Waals surface area (Å²) in [6.45, 7) is 1.60. The number of fused-ring (bicyclic) bond motifs is 5. The molecule has 39 heavy (non-hydrogen) atoms. The van der Waals surface area contributed by atoms with Crippen molar-refractivity contribution in [3.05, 3.63) is 95.6 Å². The number of rotatable bonds is 7. The van der Waals surface area contributed by atoms with Crippen molar-refractivity contribution in [2.75, 3.05) is 16.8 Å². The number of anilines is 2. The van der Waals surface area contributed by atoms with E-state index >= 15 is 0 Å². The molecule has 1 aliphatic heterocycles. The van der Waals surface area contributed by atoms with Gasteiger partial charge in [-0.05, 0) is 78.5 Å². The number of aryl methyl sites for hydroxylation is 1. The lowest BCUT2D eigenvalue weighted by atomic mass is 9.73. The first-order valence-corrected chi connectivity index (χ1v) is 13.5. The average molecular weight is 523 g/mol. The number of imide groups is 1. The molecule has 5 atom stereocenters. The van der Waals surface area contributed by atoms with E-state index < -0.39 is 18.5 Å². The molecule has 1 heterocycles. The van der Waals surface area contributed by atoms with E-state index in [0.717, 1.165) is 24.8 Å². The third-order valence-corrected chi connectivity index (χ3v) is 8.56. The van der Waals surface area contributed by atoms with Gasteiger partial charge in [-0.15, -0.1) is 0 Å². The summed E-state index contributed by atoms with van der Waals surface area (Å²) in [5.74, 6) is -1.52. The highest BCUT2D eigenvalue weighted by atomic mass is 16.5. The van der Waals surface area contributed by atoms with Gasteiger partial charge in [-0.1, -0.05) is 55.5 Å². The molecule has 3 aromatic rings. The normalized spacial score (nSPS) is 25.1. The van der Waals surface area contributed by atoms with Crippen molar-refractivity contribution >= 4 is 35.1 Å². The summed E-state index contributed by atoms with van der Waals surface area (Å²) < 4.78 is 5.22. The molecule has 0 aromatic heterocycles. The van der Waals surface area contributed by atoms with Gasteiger partial charge in [-0.2, -0.15) is 0 Å². The zero-order valence-electron chi connectivity index (χ0n) is 21.7. The standard InChI is InChI=1S/C32H30N2O5/c1-2-19-11-13-23(14-12-19)33-27(35)18-39-32(38)21-9-6-10-24(15-21)34-30(36)28-22-16-25(20-7-4-3-5-8-20)26(17-22)29(28)31(34)37/h3-15,22,25-26,28-29H,2,16-18H2,1H3,(H,33,35)/t22-,25-,26+,28+,29+/m0/s1. The van der Waals surface area contributed by atoms with Crippen LogP contribution >= 0.6 is 0 Å². The zero-order chi connectivity index (χ0) is 27.1. The molecule has 1 saturated heterocycles. The first kappa shape index (κ1) is 25.0. The Morgan fingerprint density at radius 2 is 1.64 bits per heavy atom. The van der Waals surface area contributed by atoms with Gasteiger partial charge in [0.05, 0.1) is 23.1 Å². The fourth-order valence-corrected chi connectivity index (χ4v) is 6.80. The highest BCUT2D eigenvalue weighted by molar-refractivity contribution is 6.23. The number of hydrogen-bond acceptors (Lipinski definition) is 5. The summed E-state index contributed by atoms with van der Waals surface area (Å²) in [6.07, 6.45) is 2.72. The van der Waals surface area contributed by atoms with Crippen LogP contribution in [-0.4, -0.2) is 30.3 Å². The molecule has 2 aliphatic carbocycles. The molecule has 3 amide bonds. The SMILES string of the molecule is CCc1ccc(NC(=O)COC(=O)c2cccc(N3C(=O)[C@@H]4[C@@H]5C[C@@H]([C@H]4C3=O)[C@H](c3ccccc3)C5)c2)cc1. The van der Waals surface area contributed by atoms with Gasteiger partial charge in [-0.25, -0.2) is 4.79 Å². The van der Waals surface area contributed by atoms with Crippen LogP contribution in [0.15, 0.2) is 78.9 Å². The van der Waals surface area contributed by atoms with Gasteiger partial charge in [0.25, 0.3) is 5.91 Å². The van der Waals surface area contributed by atoms with Gasteiger partial charge >= 0.3 is 5.97 Å². The van der Waals surface area contributed by atoms with E-state index in [1.807, 2.05) is 37.3 Å². The van der Waals surface area contributed by atoms with E-state index in [1.54, 1.807) is 30.3 Å². The molecule has 0 radical (unpaired) electrons. The lowest BCUT2D eigenvalue weighted by Gasteiger charge is -2.28. The Labute approximate surface area is 227 Å². The van der Waals surface area contributed by atoms with Crippen molar-refractivity contribution in [3.8, 4) is 0 Å². The number of nitrogens with zero attached hydrogens (tertiary/aromatic N) is 1. The van der Waals surface area contributed by atoms with Crippen LogP contribution in [0.4, 0.5) is 11.4 Å². The van der Waals surface area contributed by atoms with E-state index in [2.05, 4.69) is 17.4 Å². The highest BCUT2D eigenvalue weighted by Crippen LogP contribution is 2.61. The number of carbonyl (C=O) groups is 4. The van der Waals surface area contributed by atoms with Gasteiger partial charge in [-0.3, -0.25) is 19.3 Å². The molecule has 3 aliphatic rings. The summed E-state index contributed by atoms with van der Waals surface area (Å²) in [5.41, 5.74) is 3.55. The Hall–Kier alpha value is -4.26. The van der Waals surface area contributed by atoms with Crippen LogP contribution in [0.1, 0.15) is 47.2 Å². The van der Waals surface area contributed by atoms with Crippen LogP contribution in [0.2, 0.25) is 0 Å². The Morgan fingerprint density at radius 3 is 2.38 bits per heavy atom. The second-order valence-electron chi connectivity index (χ2n) is 10.7. The molecule has 7 heteroatoms. The maximum Gasteiger partial charge on any atom is 0.338 e. The number of nitrogens with one attached hydrogen (secondary N) is 1. The number of amides is 3. The Kier molecular flexibility index (Phi) is 6.51. The van der Waals surface area contributed by atoms with Crippen molar-refractivity contribution in [3.63, 3.8) is 0 Å². The topological polar surface area (TPSA) is 92.8 Å². The number of benzene rings is 3. The molecule has 198 valence electrons. The summed E-state index contributed by atoms with van der Waals surface area (Å²) >= 11 is 0. The van der Waals surface area contributed by atoms with Crippen molar-refractivity contribution in [2.45, 2.75) is 32.1 Å². The second-order valence-corrected chi connectivity index (χ2v) is 10.7. The maximum absolute atomic E-state index is 13.6. The zero-order valence-corrected chi connectivity index (χ0v) is 21.7. The van der Waals surface area contributed by atoms with Crippen molar-refractivity contribution in [1.82, 2.24) is 0 Å². The van der Waals surface area contributed by atoms with Crippen molar-refractivity contribution < 1.29 is 23.9 Å². The van der Waals surface area contributed by atoms with Crippen LogP contribution < -0.4 is 10.2 Å². The number of ether oxygens (including phenoxy) is 1. The summed E-state index contributed by atoms with van der Waals surface area (Å²) in [4.78, 5) is 53.4. The molecular weight excluding hydrogens is 492 g/mol. The molecule has 0 spiro atoms. The smallest absolute Gasteiger partial charge is 0.338 e. The lowest BCUT2D eigenvalue weighted by Crippen LogP contribution is -2.33. The van der Waals surface area contributed by atoms with Gasteiger partial charge in [0.2, 0.25) is 11.8 Å². The highest BCUT2D eigenvalue weighted by Gasteiger charge is 2.64. The largest absolute Gasteiger partial charge is 0.452 e. The first-order chi connectivity index (χ1) is 18.9. The molecule has 7 nitrogen and oxygen atoms in total. The minimum absolute atomic E-state index is 0.147.